The molecule has 2 aromatic carbocycles. The molecule has 3 aliphatic heterocycles. The number of amides is 2. The molecule has 0 atom stereocenters. The zero-order chi connectivity index (χ0) is 30.2. The number of benzene rings is 2. The Labute approximate surface area is 254 Å². The summed E-state index contributed by atoms with van der Waals surface area (Å²) < 4.78 is 0. The Morgan fingerprint density at radius 2 is 1.69 bits per heavy atom. The average molecular weight is 592 g/mol. The number of hydrogen-bond acceptors (Lipinski definition) is 6. The number of carbonyl (C=O) groups is 2. The van der Waals surface area contributed by atoms with Gasteiger partial charge in [-0.05, 0) is 85.1 Å². The van der Waals surface area contributed by atoms with Gasteiger partial charge in [0.15, 0.2) is 0 Å². The van der Waals surface area contributed by atoms with Crippen LogP contribution >= 0.6 is 11.6 Å². The number of halogens is 1. The van der Waals surface area contributed by atoms with Gasteiger partial charge >= 0.3 is 0 Å². The van der Waals surface area contributed by atoms with E-state index < -0.39 is 0 Å². The van der Waals surface area contributed by atoms with Crippen LogP contribution in [-0.4, -0.2) is 83.0 Å². The number of aromatic hydroxyl groups is 1. The van der Waals surface area contributed by atoms with E-state index in [1.807, 2.05) is 29.2 Å². The summed E-state index contributed by atoms with van der Waals surface area (Å²) in [6, 6.07) is 12.7. The van der Waals surface area contributed by atoms with E-state index in [0.29, 0.717) is 18.2 Å². The first-order valence-corrected chi connectivity index (χ1v) is 15.4. The van der Waals surface area contributed by atoms with E-state index in [0.717, 1.165) is 62.4 Å². The topological polar surface area (TPSA) is 99.9 Å². The molecule has 6 rings (SSSR count). The normalized spacial score (nSPS) is 22.0. The van der Waals surface area contributed by atoms with Gasteiger partial charge < -0.3 is 20.2 Å². The molecule has 8 nitrogen and oxygen atoms in total. The Morgan fingerprint density at radius 1 is 1.02 bits per heavy atom. The second kappa shape index (κ2) is 11.9. The van der Waals surface area contributed by atoms with Crippen LogP contribution < -0.4 is 5.32 Å². The highest BCUT2D eigenvalue weighted by Gasteiger charge is 2.57. The number of nitriles is 1. The van der Waals surface area contributed by atoms with Crippen LogP contribution in [0.2, 0.25) is 5.02 Å². The zero-order valence-corrected chi connectivity index (χ0v) is 25.9. The van der Waals surface area contributed by atoms with Crippen molar-refractivity contribution in [1.82, 2.24) is 20.0 Å². The molecular weight excluding hydrogens is 550 g/mol. The minimum atomic E-state index is 0.0731. The highest BCUT2D eigenvalue weighted by molar-refractivity contribution is 6.31. The Hall–Kier alpha value is -3.12. The third-order valence-electron chi connectivity index (χ3n) is 9.39. The molecule has 0 radical (unpaired) electrons. The number of piperazine rings is 1. The molecule has 2 amide bonds. The lowest BCUT2D eigenvalue weighted by Gasteiger charge is -2.60. The molecule has 0 aromatic heterocycles. The number of hydrogen-bond donors (Lipinski definition) is 2. The standard InChI is InChI=1S/C26H38N4O2.C7H4ClNO/c1-25(2)17-26(3,4)24(25)30-16-19-15-18(5-6-21(19)23(30)32)22(31)29-13-11-28(12-14-29)20-7-9-27-10-8-20;8-7-3-6(10)2-1-5(7)4-9/h5-6,15,20,24,27H,7-14,16-17H2,1-4H3;1-3,10H. The maximum Gasteiger partial charge on any atom is 0.254 e. The molecule has 0 unspecified atom stereocenters. The number of phenols is 1. The summed E-state index contributed by atoms with van der Waals surface area (Å²) in [7, 11) is 0. The van der Waals surface area contributed by atoms with E-state index in [2.05, 4.69) is 42.8 Å². The number of fused-ring (bicyclic) bond motifs is 1. The summed E-state index contributed by atoms with van der Waals surface area (Å²) in [6.07, 6.45) is 3.54. The monoisotopic (exact) mass is 591 g/mol. The van der Waals surface area contributed by atoms with Gasteiger partial charge in [-0.1, -0.05) is 39.3 Å². The lowest BCUT2D eigenvalue weighted by atomic mass is 9.51. The van der Waals surface area contributed by atoms with Crippen LogP contribution in [0.1, 0.15) is 78.8 Å². The fourth-order valence-electron chi connectivity index (χ4n) is 8.06. The predicted octanol–water partition coefficient (Wildman–Crippen LogP) is 4.89. The molecule has 9 heteroatoms. The van der Waals surface area contributed by atoms with Crippen molar-refractivity contribution >= 4 is 23.4 Å². The molecule has 2 aromatic rings. The zero-order valence-electron chi connectivity index (χ0n) is 25.1. The van der Waals surface area contributed by atoms with Gasteiger partial charge in [-0.15, -0.1) is 0 Å². The molecule has 0 bridgehead atoms. The predicted molar refractivity (Wildman–Crippen MR) is 163 cm³/mol. The van der Waals surface area contributed by atoms with Gasteiger partial charge in [0, 0.05) is 55.9 Å². The van der Waals surface area contributed by atoms with Crippen LogP contribution in [0, 0.1) is 22.2 Å². The van der Waals surface area contributed by atoms with Crippen LogP contribution in [0.5, 0.6) is 5.75 Å². The fraction of sp³-hybridized carbons (Fsp3) is 0.545. The number of piperidine rings is 1. The fourth-order valence-corrected chi connectivity index (χ4v) is 8.28. The second-order valence-electron chi connectivity index (χ2n) is 13.4. The van der Waals surface area contributed by atoms with E-state index >= 15 is 0 Å². The molecule has 2 N–H and O–H groups in total. The number of nitrogens with zero attached hydrogens (tertiary/aromatic N) is 4. The molecule has 3 fully saturated rings. The van der Waals surface area contributed by atoms with Crippen LogP contribution in [0.25, 0.3) is 0 Å². The maximum atomic E-state index is 13.3. The summed E-state index contributed by atoms with van der Waals surface area (Å²) in [5.74, 6) is 0.303. The maximum absolute atomic E-state index is 13.3. The third kappa shape index (κ3) is 6.01. The summed E-state index contributed by atoms with van der Waals surface area (Å²) in [5.41, 5.74) is 3.14. The SMILES string of the molecule is CC1(C)CC(C)(C)C1N1Cc2cc(C(=O)N3CCN(C4CCNCC4)CC3)ccc2C1=O.N#Cc1ccc(O)cc1Cl. The van der Waals surface area contributed by atoms with Crippen LogP contribution in [0.3, 0.4) is 0 Å². The van der Waals surface area contributed by atoms with E-state index in [4.69, 9.17) is 22.0 Å². The number of nitrogens with one attached hydrogen (secondary N) is 1. The minimum Gasteiger partial charge on any atom is -0.508 e. The van der Waals surface area contributed by atoms with Crippen molar-refractivity contribution in [3.63, 3.8) is 0 Å². The minimum absolute atomic E-state index is 0.0731. The number of carbonyl (C=O) groups excluding carboxylic acids is 2. The first-order valence-electron chi connectivity index (χ1n) is 15.0. The van der Waals surface area contributed by atoms with E-state index in [-0.39, 0.29) is 39.5 Å². The molecule has 42 heavy (non-hydrogen) atoms. The van der Waals surface area contributed by atoms with E-state index in [1.54, 1.807) is 0 Å². The largest absolute Gasteiger partial charge is 0.508 e. The molecule has 0 spiro atoms. The van der Waals surface area contributed by atoms with Gasteiger partial charge in [0.1, 0.15) is 11.8 Å². The van der Waals surface area contributed by atoms with Crippen LogP contribution in [-0.2, 0) is 6.54 Å². The molecule has 1 saturated carbocycles. The quantitative estimate of drug-likeness (QED) is 0.527. The Kier molecular flexibility index (Phi) is 8.58. The summed E-state index contributed by atoms with van der Waals surface area (Å²) >= 11 is 5.55. The smallest absolute Gasteiger partial charge is 0.254 e. The highest BCUT2D eigenvalue weighted by atomic mass is 35.5. The number of rotatable bonds is 3. The second-order valence-corrected chi connectivity index (χ2v) is 13.9. The van der Waals surface area contributed by atoms with Gasteiger partial charge in [0.2, 0.25) is 0 Å². The Bertz CT molecular complexity index is 1370. The first-order chi connectivity index (χ1) is 19.9. The summed E-state index contributed by atoms with van der Waals surface area (Å²) in [6.45, 7) is 15.4. The Morgan fingerprint density at radius 3 is 2.29 bits per heavy atom. The van der Waals surface area contributed by atoms with Gasteiger partial charge in [-0.3, -0.25) is 14.5 Å². The van der Waals surface area contributed by atoms with Crippen molar-refractivity contribution in [1.29, 1.82) is 5.26 Å². The molecular formula is C33H42ClN5O3. The van der Waals surface area contributed by atoms with Crippen molar-refractivity contribution in [3.05, 3.63) is 63.7 Å². The van der Waals surface area contributed by atoms with Gasteiger partial charge in [-0.25, -0.2) is 0 Å². The molecule has 1 aliphatic carbocycles. The van der Waals surface area contributed by atoms with E-state index in [9.17, 15) is 9.59 Å². The molecule has 4 aliphatic rings. The molecule has 224 valence electrons. The summed E-state index contributed by atoms with van der Waals surface area (Å²) in [4.78, 5) is 33.1. The van der Waals surface area contributed by atoms with Crippen LogP contribution in [0.15, 0.2) is 36.4 Å². The van der Waals surface area contributed by atoms with Crippen LogP contribution in [0.4, 0.5) is 0 Å². The van der Waals surface area contributed by atoms with Crippen molar-refractivity contribution in [2.75, 3.05) is 39.3 Å². The molecule has 3 heterocycles. The molecule has 2 saturated heterocycles. The first kappa shape index (κ1) is 30.3. The van der Waals surface area contributed by atoms with Crippen molar-refractivity contribution in [3.8, 4) is 11.8 Å². The lowest BCUT2D eigenvalue weighted by molar-refractivity contribution is -0.0989. The van der Waals surface area contributed by atoms with Gasteiger partial charge in [0.05, 0.1) is 10.6 Å². The Balaban J connectivity index is 0.000000300. The van der Waals surface area contributed by atoms with Crippen molar-refractivity contribution < 1.29 is 14.7 Å². The summed E-state index contributed by atoms with van der Waals surface area (Å²) in [5, 5.41) is 20.9. The number of phenolic OH excluding ortho intramolecular Hbond substituents is 1. The van der Waals surface area contributed by atoms with Gasteiger partial charge in [-0.2, -0.15) is 5.26 Å². The third-order valence-corrected chi connectivity index (χ3v) is 9.70. The van der Waals surface area contributed by atoms with Gasteiger partial charge in [0.25, 0.3) is 11.8 Å². The van der Waals surface area contributed by atoms with Crippen molar-refractivity contribution in [2.45, 2.75) is 65.6 Å². The average Bonchev–Trinajstić information content (AvgIpc) is 3.26. The lowest BCUT2D eigenvalue weighted by Crippen LogP contribution is -2.63. The highest BCUT2D eigenvalue weighted by Crippen LogP contribution is 2.57. The van der Waals surface area contributed by atoms with Crippen molar-refractivity contribution in [2.24, 2.45) is 10.8 Å². The van der Waals surface area contributed by atoms with E-state index in [1.165, 1.54) is 31.0 Å².